The number of allylic oxidation sites excluding steroid dienone is 1. The maximum atomic E-state index is 12.3. The van der Waals surface area contributed by atoms with Crippen molar-refractivity contribution in [2.24, 2.45) is 5.92 Å². The molecule has 0 heterocycles. The Morgan fingerprint density at radius 3 is 2.37 bits per heavy atom. The molecule has 1 aliphatic rings. The van der Waals surface area contributed by atoms with Crippen LogP contribution in [0.5, 0.6) is 0 Å². The highest BCUT2D eigenvalue weighted by Crippen LogP contribution is 2.37. The minimum Gasteiger partial charge on any atom is -0.251 e. The number of benzene rings is 1. The minimum atomic E-state index is -0.146. The highest BCUT2D eigenvalue weighted by Gasteiger charge is 2.21. The van der Waals surface area contributed by atoms with Gasteiger partial charge in [0, 0.05) is 0 Å². The van der Waals surface area contributed by atoms with E-state index in [1.807, 2.05) is 6.08 Å². The first kappa shape index (κ1) is 14.3. The summed E-state index contributed by atoms with van der Waals surface area (Å²) in [6.45, 7) is 3.62. The smallest absolute Gasteiger partial charge is 0.0897 e. The molecule has 0 N–H and O–H groups in total. The molecule has 0 unspecified atom stereocenters. The van der Waals surface area contributed by atoms with E-state index < -0.39 is 0 Å². The van der Waals surface area contributed by atoms with Crippen LogP contribution in [0.2, 0.25) is 0 Å². The van der Waals surface area contributed by atoms with E-state index >= 15 is 0 Å². The van der Waals surface area contributed by atoms with Crippen molar-refractivity contribution in [3.05, 3.63) is 48.0 Å². The number of rotatable bonds is 6. The van der Waals surface area contributed by atoms with Crippen LogP contribution in [-0.4, -0.2) is 6.67 Å². The van der Waals surface area contributed by atoms with Crippen LogP contribution in [0.4, 0.5) is 4.39 Å². The first-order chi connectivity index (χ1) is 9.33. The number of hydrogen-bond donors (Lipinski definition) is 0. The number of hydrogen-bond acceptors (Lipinski definition) is 0. The van der Waals surface area contributed by atoms with Crippen molar-refractivity contribution in [3.63, 3.8) is 0 Å². The SMILES string of the molecule is C=CCCc1ccc(C2CCC(CCF)CC2)cc1. The third kappa shape index (κ3) is 4.19. The fourth-order valence-corrected chi connectivity index (χ4v) is 3.16. The lowest BCUT2D eigenvalue weighted by atomic mass is 9.77. The molecule has 1 aromatic rings. The van der Waals surface area contributed by atoms with Crippen LogP contribution < -0.4 is 0 Å². The molecule has 0 aromatic heterocycles. The van der Waals surface area contributed by atoms with Crippen LogP contribution in [0.3, 0.4) is 0 Å². The molecule has 1 saturated carbocycles. The number of halogens is 1. The van der Waals surface area contributed by atoms with Gasteiger partial charge in [-0.05, 0) is 67.9 Å². The minimum absolute atomic E-state index is 0.146. The van der Waals surface area contributed by atoms with Crippen LogP contribution in [0.15, 0.2) is 36.9 Å². The van der Waals surface area contributed by atoms with Gasteiger partial charge in [-0.3, -0.25) is 4.39 Å². The lowest BCUT2D eigenvalue weighted by Gasteiger charge is -2.28. The van der Waals surface area contributed by atoms with Crippen LogP contribution in [-0.2, 0) is 6.42 Å². The zero-order chi connectivity index (χ0) is 13.5. The summed E-state index contributed by atoms with van der Waals surface area (Å²) in [7, 11) is 0. The van der Waals surface area contributed by atoms with Gasteiger partial charge in [-0.25, -0.2) is 0 Å². The van der Waals surface area contributed by atoms with Gasteiger partial charge >= 0.3 is 0 Å². The van der Waals surface area contributed by atoms with Crippen molar-refractivity contribution in [1.82, 2.24) is 0 Å². The van der Waals surface area contributed by atoms with Crippen molar-refractivity contribution >= 4 is 0 Å². The molecule has 1 fully saturated rings. The number of alkyl halides is 1. The largest absolute Gasteiger partial charge is 0.251 e. The van der Waals surface area contributed by atoms with Gasteiger partial charge < -0.3 is 0 Å². The van der Waals surface area contributed by atoms with Crippen molar-refractivity contribution in [3.8, 4) is 0 Å². The highest BCUT2D eigenvalue weighted by atomic mass is 19.1. The molecule has 0 bridgehead atoms. The molecule has 1 aromatic carbocycles. The summed E-state index contributed by atoms with van der Waals surface area (Å²) in [5.41, 5.74) is 2.87. The molecule has 1 aliphatic carbocycles. The van der Waals surface area contributed by atoms with E-state index in [2.05, 4.69) is 30.8 Å². The van der Waals surface area contributed by atoms with Crippen molar-refractivity contribution in [2.75, 3.05) is 6.67 Å². The van der Waals surface area contributed by atoms with E-state index in [-0.39, 0.29) is 6.67 Å². The average molecular weight is 260 g/mol. The molecule has 19 heavy (non-hydrogen) atoms. The van der Waals surface area contributed by atoms with E-state index in [0.29, 0.717) is 11.8 Å². The van der Waals surface area contributed by atoms with Gasteiger partial charge in [0.2, 0.25) is 0 Å². The maximum absolute atomic E-state index is 12.3. The summed E-state index contributed by atoms with van der Waals surface area (Å²) in [6.07, 6.45) is 9.75. The summed E-state index contributed by atoms with van der Waals surface area (Å²) in [4.78, 5) is 0. The van der Waals surface area contributed by atoms with Gasteiger partial charge in [-0.1, -0.05) is 30.3 Å². The van der Waals surface area contributed by atoms with Gasteiger partial charge in [0.1, 0.15) is 0 Å². The van der Waals surface area contributed by atoms with Crippen molar-refractivity contribution < 1.29 is 4.39 Å². The third-order valence-corrected chi connectivity index (χ3v) is 4.45. The van der Waals surface area contributed by atoms with Crippen LogP contribution >= 0.6 is 0 Å². The second-order valence-corrected chi connectivity index (χ2v) is 5.76. The van der Waals surface area contributed by atoms with E-state index in [9.17, 15) is 4.39 Å². The summed E-state index contributed by atoms with van der Waals surface area (Å²) >= 11 is 0. The monoisotopic (exact) mass is 260 g/mol. The van der Waals surface area contributed by atoms with Crippen molar-refractivity contribution in [1.29, 1.82) is 0 Å². The second kappa shape index (κ2) is 7.47. The molecule has 2 rings (SSSR count). The first-order valence-electron chi connectivity index (χ1n) is 7.59. The summed E-state index contributed by atoms with van der Waals surface area (Å²) in [5, 5.41) is 0. The molecular formula is C18H25F. The number of aryl methyl sites for hydroxylation is 1. The molecule has 0 amide bonds. The predicted octanol–water partition coefficient (Wildman–Crippen LogP) is 5.44. The fourth-order valence-electron chi connectivity index (χ4n) is 3.16. The van der Waals surface area contributed by atoms with Crippen molar-refractivity contribution in [2.45, 2.75) is 50.9 Å². The van der Waals surface area contributed by atoms with Gasteiger partial charge in [0.05, 0.1) is 6.67 Å². The lowest BCUT2D eigenvalue weighted by Crippen LogP contribution is -2.13. The molecule has 104 valence electrons. The Labute approximate surface area is 116 Å². The Balaban J connectivity index is 1.87. The van der Waals surface area contributed by atoms with E-state index in [4.69, 9.17) is 0 Å². The highest BCUT2D eigenvalue weighted by molar-refractivity contribution is 5.26. The summed E-state index contributed by atoms with van der Waals surface area (Å²) in [6, 6.07) is 9.09. The van der Waals surface area contributed by atoms with E-state index in [0.717, 1.165) is 19.3 Å². The third-order valence-electron chi connectivity index (χ3n) is 4.45. The second-order valence-electron chi connectivity index (χ2n) is 5.76. The molecule has 0 saturated heterocycles. The zero-order valence-corrected chi connectivity index (χ0v) is 11.8. The van der Waals surface area contributed by atoms with Gasteiger partial charge in [-0.2, -0.15) is 0 Å². The van der Waals surface area contributed by atoms with E-state index in [1.165, 1.54) is 36.8 Å². The summed E-state index contributed by atoms with van der Waals surface area (Å²) in [5.74, 6) is 1.33. The molecule has 0 radical (unpaired) electrons. The Morgan fingerprint density at radius 1 is 1.11 bits per heavy atom. The normalized spacial score (nSPS) is 23.2. The Morgan fingerprint density at radius 2 is 1.79 bits per heavy atom. The van der Waals surface area contributed by atoms with Gasteiger partial charge in [0.25, 0.3) is 0 Å². The lowest BCUT2D eigenvalue weighted by molar-refractivity contribution is 0.283. The van der Waals surface area contributed by atoms with Crippen LogP contribution in [0.25, 0.3) is 0 Å². The average Bonchev–Trinajstić information content (AvgIpc) is 2.47. The first-order valence-corrected chi connectivity index (χ1v) is 7.59. The molecule has 0 aliphatic heterocycles. The fraction of sp³-hybridized carbons (Fsp3) is 0.556. The molecule has 0 nitrogen and oxygen atoms in total. The molecule has 1 heteroatoms. The molecule has 0 spiro atoms. The molecular weight excluding hydrogens is 235 g/mol. The zero-order valence-electron chi connectivity index (χ0n) is 11.8. The standard InChI is InChI=1S/C18H25F/c1-2-3-4-15-5-9-17(10-6-15)18-11-7-16(8-12-18)13-14-19/h2,5-6,9-10,16,18H,1,3-4,7-8,11-14H2. The van der Waals surface area contributed by atoms with Gasteiger partial charge in [0.15, 0.2) is 0 Å². The van der Waals surface area contributed by atoms with Crippen LogP contribution in [0, 0.1) is 5.92 Å². The topological polar surface area (TPSA) is 0 Å². The van der Waals surface area contributed by atoms with Gasteiger partial charge in [-0.15, -0.1) is 6.58 Å². The Bertz CT molecular complexity index is 371. The van der Waals surface area contributed by atoms with Crippen LogP contribution in [0.1, 0.15) is 55.6 Å². The van der Waals surface area contributed by atoms with E-state index in [1.54, 1.807) is 0 Å². The Hall–Kier alpha value is -1.11. The summed E-state index contributed by atoms with van der Waals surface area (Å²) < 4.78 is 12.3. The molecule has 0 atom stereocenters. The maximum Gasteiger partial charge on any atom is 0.0897 e. The Kier molecular flexibility index (Phi) is 5.62. The predicted molar refractivity (Wildman–Crippen MR) is 80.3 cm³/mol. The quantitative estimate of drug-likeness (QED) is 0.597.